The van der Waals surface area contributed by atoms with Crippen LogP contribution in [0, 0.1) is 5.92 Å². The lowest BCUT2D eigenvalue weighted by Crippen LogP contribution is -2.41. The van der Waals surface area contributed by atoms with E-state index in [1.807, 2.05) is 24.3 Å². The number of carbonyl (C=O) groups excluding carboxylic acids is 3. The van der Waals surface area contributed by atoms with Gasteiger partial charge in [0.2, 0.25) is 11.8 Å². The van der Waals surface area contributed by atoms with Gasteiger partial charge in [-0.1, -0.05) is 12.1 Å². The lowest BCUT2D eigenvalue weighted by Gasteiger charge is -2.24. The molecule has 25 heavy (non-hydrogen) atoms. The molecule has 0 saturated carbocycles. The molecule has 1 fully saturated rings. The van der Waals surface area contributed by atoms with Crippen molar-refractivity contribution in [2.75, 3.05) is 25.0 Å². The molecule has 1 unspecified atom stereocenters. The number of para-hydroxylation sites is 1. The zero-order chi connectivity index (χ0) is 18.8. The fraction of sp³-hybridized carbons (Fsp3) is 0.500. The first-order valence-electron chi connectivity index (χ1n) is 8.13. The number of esters is 1. The Morgan fingerprint density at radius 1 is 1.32 bits per heavy atom. The number of carbonyl (C=O) groups is 3. The van der Waals surface area contributed by atoms with Crippen molar-refractivity contribution in [3.8, 4) is 0 Å². The minimum Gasteiger partial charge on any atom is -0.459 e. The molecule has 0 aromatic heterocycles. The topological polar surface area (TPSA) is 66.9 Å². The molecule has 0 radical (unpaired) electrons. The van der Waals surface area contributed by atoms with Crippen LogP contribution in [-0.4, -0.2) is 48.4 Å². The lowest BCUT2D eigenvalue weighted by atomic mass is 10.1. The molecule has 1 atom stereocenters. The Balaban J connectivity index is 2.02. The molecule has 0 bridgehead atoms. The molecule has 2 rings (SSSR count). The number of amides is 2. The van der Waals surface area contributed by atoms with Gasteiger partial charge in [-0.2, -0.15) is 0 Å². The third kappa shape index (κ3) is 4.81. The lowest BCUT2D eigenvalue weighted by molar-refractivity contribution is -0.159. The average molecular weight is 411 g/mol. The summed E-state index contributed by atoms with van der Waals surface area (Å²) in [5.41, 5.74) is 0.137. The standard InChI is InChI=1S/C18H23BrN2O4/c1-18(2,3)25-15(22)11-20(4)16(23)12-9-10-21(17(12)24)14-8-6-5-7-13(14)19/h5-8,12H,9-11H2,1-4H3. The maximum atomic E-state index is 12.7. The van der Waals surface area contributed by atoms with Gasteiger partial charge < -0.3 is 14.5 Å². The van der Waals surface area contributed by atoms with Crippen LogP contribution in [0.2, 0.25) is 0 Å². The van der Waals surface area contributed by atoms with E-state index in [1.165, 1.54) is 11.9 Å². The second-order valence-electron chi connectivity index (χ2n) is 7.06. The molecule has 0 N–H and O–H groups in total. The van der Waals surface area contributed by atoms with Gasteiger partial charge in [-0.15, -0.1) is 0 Å². The van der Waals surface area contributed by atoms with Crippen LogP contribution in [0.3, 0.4) is 0 Å². The Labute approximate surface area is 156 Å². The van der Waals surface area contributed by atoms with E-state index < -0.39 is 17.5 Å². The molecule has 1 heterocycles. The summed E-state index contributed by atoms with van der Waals surface area (Å²) in [5, 5.41) is 0. The molecule has 1 aliphatic rings. The van der Waals surface area contributed by atoms with Crippen molar-refractivity contribution in [1.29, 1.82) is 0 Å². The van der Waals surface area contributed by atoms with Crippen LogP contribution in [-0.2, 0) is 19.1 Å². The molecule has 136 valence electrons. The van der Waals surface area contributed by atoms with Crippen molar-refractivity contribution in [2.45, 2.75) is 32.8 Å². The van der Waals surface area contributed by atoms with Gasteiger partial charge in [0.1, 0.15) is 18.1 Å². The second kappa shape index (κ2) is 7.56. The quantitative estimate of drug-likeness (QED) is 0.565. The van der Waals surface area contributed by atoms with Crippen LogP contribution in [0.5, 0.6) is 0 Å². The van der Waals surface area contributed by atoms with E-state index in [1.54, 1.807) is 25.7 Å². The van der Waals surface area contributed by atoms with E-state index >= 15 is 0 Å². The summed E-state index contributed by atoms with van der Waals surface area (Å²) >= 11 is 3.43. The van der Waals surface area contributed by atoms with E-state index in [0.717, 1.165) is 10.2 Å². The molecular formula is C18H23BrN2O4. The van der Waals surface area contributed by atoms with Crippen LogP contribution >= 0.6 is 15.9 Å². The van der Waals surface area contributed by atoms with Crippen molar-refractivity contribution in [1.82, 2.24) is 4.90 Å². The number of anilines is 1. The number of ether oxygens (including phenoxy) is 1. The summed E-state index contributed by atoms with van der Waals surface area (Å²) in [4.78, 5) is 40.0. The summed E-state index contributed by atoms with van der Waals surface area (Å²) in [6.07, 6.45) is 0.428. The normalized spacial score (nSPS) is 17.6. The number of halogens is 1. The minimum absolute atomic E-state index is 0.172. The highest BCUT2D eigenvalue weighted by molar-refractivity contribution is 9.10. The zero-order valence-electron chi connectivity index (χ0n) is 14.9. The Kier molecular flexibility index (Phi) is 5.87. The molecule has 0 spiro atoms. The zero-order valence-corrected chi connectivity index (χ0v) is 16.5. The van der Waals surface area contributed by atoms with Crippen LogP contribution in [0.4, 0.5) is 5.69 Å². The van der Waals surface area contributed by atoms with Gasteiger partial charge >= 0.3 is 5.97 Å². The molecule has 1 aromatic carbocycles. The number of rotatable bonds is 4. The maximum absolute atomic E-state index is 12.7. The molecule has 1 saturated heterocycles. The summed E-state index contributed by atoms with van der Waals surface area (Å²) in [7, 11) is 1.51. The fourth-order valence-electron chi connectivity index (χ4n) is 2.73. The van der Waals surface area contributed by atoms with Gasteiger partial charge in [0.25, 0.3) is 0 Å². The summed E-state index contributed by atoms with van der Waals surface area (Å²) in [6, 6.07) is 7.40. The van der Waals surface area contributed by atoms with Crippen molar-refractivity contribution in [2.24, 2.45) is 5.92 Å². The van der Waals surface area contributed by atoms with Crippen LogP contribution in [0.15, 0.2) is 28.7 Å². The SMILES string of the molecule is CN(CC(=O)OC(C)(C)C)C(=O)C1CCN(c2ccccc2Br)C1=O. The summed E-state index contributed by atoms with van der Waals surface area (Å²) < 4.78 is 6.02. The highest BCUT2D eigenvalue weighted by atomic mass is 79.9. The Hall–Kier alpha value is -1.89. The number of likely N-dealkylation sites (N-methyl/N-ethyl adjacent to an activating group) is 1. The van der Waals surface area contributed by atoms with Gasteiger partial charge in [0.05, 0.1) is 5.69 Å². The molecule has 2 amide bonds. The molecule has 1 aromatic rings. The third-order valence-corrected chi connectivity index (χ3v) is 4.48. The van der Waals surface area contributed by atoms with Gasteiger partial charge in [0, 0.05) is 18.1 Å². The molecular weight excluding hydrogens is 388 g/mol. The van der Waals surface area contributed by atoms with E-state index in [2.05, 4.69) is 15.9 Å². The van der Waals surface area contributed by atoms with Gasteiger partial charge in [-0.3, -0.25) is 14.4 Å². The molecule has 7 heteroatoms. The Morgan fingerprint density at radius 3 is 2.56 bits per heavy atom. The van der Waals surface area contributed by atoms with Crippen molar-refractivity contribution in [3.63, 3.8) is 0 Å². The minimum atomic E-state index is -0.764. The average Bonchev–Trinajstić information content (AvgIpc) is 2.86. The van der Waals surface area contributed by atoms with Gasteiger partial charge in [-0.25, -0.2) is 0 Å². The highest BCUT2D eigenvalue weighted by Crippen LogP contribution is 2.31. The first kappa shape index (κ1) is 19.4. The maximum Gasteiger partial charge on any atom is 0.326 e. The van der Waals surface area contributed by atoms with Crippen LogP contribution in [0.25, 0.3) is 0 Å². The monoisotopic (exact) mass is 410 g/mol. The van der Waals surface area contributed by atoms with Crippen molar-refractivity contribution in [3.05, 3.63) is 28.7 Å². The number of hydrogen-bond donors (Lipinski definition) is 0. The Bertz CT molecular complexity index is 684. The van der Waals surface area contributed by atoms with Gasteiger partial charge in [0.15, 0.2) is 0 Å². The van der Waals surface area contributed by atoms with Crippen molar-refractivity contribution < 1.29 is 19.1 Å². The molecule has 1 aliphatic heterocycles. The largest absolute Gasteiger partial charge is 0.459 e. The van der Waals surface area contributed by atoms with E-state index in [4.69, 9.17) is 4.74 Å². The predicted molar refractivity (Wildman–Crippen MR) is 98.1 cm³/mol. The van der Waals surface area contributed by atoms with Gasteiger partial charge in [-0.05, 0) is 55.3 Å². The van der Waals surface area contributed by atoms with Crippen LogP contribution < -0.4 is 4.90 Å². The fourth-order valence-corrected chi connectivity index (χ4v) is 3.23. The third-order valence-electron chi connectivity index (χ3n) is 3.81. The van der Waals surface area contributed by atoms with Crippen LogP contribution in [0.1, 0.15) is 27.2 Å². The van der Waals surface area contributed by atoms with Crippen molar-refractivity contribution >= 4 is 39.4 Å². The number of nitrogens with zero attached hydrogens (tertiary/aromatic N) is 2. The van der Waals surface area contributed by atoms with E-state index in [9.17, 15) is 14.4 Å². The van der Waals surface area contributed by atoms with E-state index in [0.29, 0.717) is 13.0 Å². The first-order chi connectivity index (χ1) is 11.6. The summed E-state index contributed by atoms with van der Waals surface area (Å²) in [6.45, 7) is 5.60. The predicted octanol–water partition coefficient (Wildman–Crippen LogP) is 2.60. The summed E-state index contributed by atoms with van der Waals surface area (Å²) in [5.74, 6) is -1.85. The second-order valence-corrected chi connectivity index (χ2v) is 7.92. The number of hydrogen-bond acceptors (Lipinski definition) is 4. The molecule has 6 nitrogen and oxygen atoms in total. The van der Waals surface area contributed by atoms with E-state index in [-0.39, 0.29) is 18.4 Å². The molecule has 0 aliphatic carbocycles. The number of benzene rings is 1. The first-order valence-corrected chi connectivity index (χ1v) is 8.92. The smallest absolute Gasteiger partial charge is 0.326 e. The Morgan fingerprint density at radius 2 is 1.96 bits per heavy atom. The highest BCUT2D eigenvalue weighted by Gasteiger charge is 2.40.